The van der Waals surface area contributed by atoms with Crippen LogP contribution in [0.2, 0.25) is 0 Å². The van der Waals surface area contributed by atoms with Crippen molar-refractivity contribution >= 4 is 23.8 Å². The standard InChI is InChI=1S/C14H22N2O8/c1-6(17)16-11-13(23-9(4)20)12(22-8(3)19)10(24-14(11)15)5-21-7(2)18/h10-14H,5,15H2,1-4H3,(H,16,17)/t10?,11-,12+,13?,14+/m0/s1. The van der Waals surface area contributed by atoms with E-state index in [0.717, 1.165) is 13.8 Å². The highest BCUT2D eigenvalue weighted by Gasteiger charge is 2.49. The lowest BCUT2D eigenvalue weighted by Gasteiger charge is -2.44. The molecule has 24 heavy (non-hydrogen) atoms. The molecule has 0 aromatic rings. The Labute approximate surface area is 138 Å². The van der Waals surface area contributed by atoms with E-state index in [4.69, 9.17) is 24.7 Å². The molecule has 5 atom stereocenters. The molecule has 0 aliphatic carbocycles. The molecule has 3 N–H and O–H groups in total. The molecule has 0 aromatic carbocycles. The van der Waals surface area contributed by atoms with Gasteiger partial charge in [0.2, 0.25) is 5.91 Å². The van der Waals surface area contributed by atoms with Gasteiger partial charge in [-0.2, -0.15) is 0 Å². The lowest BCUT2D eigenvalue weighted by atomic mass is 9.95. The van der Waals surface area contributed by atoms with Gasteiger partial charge in [-0.05, 0) is 0 Å². The van der Waals surface area contributed by atoms with Crippen LogP contribution in [0.1, 0.15) is 27.7 Å². The summed E-state index contributed by atoms with van der Waals surface area (Å²) in [7, 11) is 0. The van der Waals surface area contributed by atoms with Crippen LogP contribution in [-0.2, 0) is 38.1 Å². The van der Waals surface area contributed by atoms with Gasteiger partial charge in [-0.3, -0.25) is 19.2 Å². The van der Waals surface area contributed by atoms with Crippen LogP contribution in [0.4, 0.5) is 0 Å². The van der Waals surface area contributed by atoms with E-state index in [1.807, 2.05) is 0 Å². The van der Waals surface area contributed by atoms with Crippen molar-refractivity contribution < 1.29 is 38.1 Å². The van der Waals surface area contributed by atoms with Crippen LogP contribution in [-0.4, -0.2) is 61.0 Å². The van der Waals surface area contributed by atoms with E-state index in [9.17, 15) is 19.2 Å². The molecule has 10 nitrogen and oxygen atoms in total. The Balaban J connectivity index is 3.11. The molecule has 0 aromatic heterocycles. The van der Waals surface area contributed by atoms with Crippen LogP contribution < -0.4 is 11.1 Å². The smallest absolute Gasteiger partial charge is 0.303 e. The Kier molecular flexibility index (Phi) is 7.11. The third-order valence-electron chi connectivity index (χ3n) is 3.15. The topological polar surface area (TPSA) is 143 Å². The van der Waals surface area contributed by atoms with Crippen molar-refractivity contribution in [3.05, 3.63) is 0 Å². The van der Waals surface area contributed by atoms with Gasteiger partial charge in [-0.25, -0.2) is 0 Å². The van der Waals surface area contributed by atoms with Crippen molar-refractivity contribution in [2.24, 2.45) is 5.73 Å². The van der Waals surface area contributed by atoms with Gasteiger partial charge in [0.25, 0.3) is 0 Å². The first-order valence-electron chi connectivity index (χ1n) is 7.27. The number of esters is 3. The van der Waals surface area contributed by atoms with Crippen LogP contribution in [0.5, 0.6) is 0 Å². The van der Waals surface area contributed by atoms with Crippen molar-refractivity contribution in [1.82, 2.24) is 5.32 Å². The molecule has 0 bridgehead atoms. The highest BCUT2D eigenvalue weighted by molar-refractivity contribution is 5.73. The Morgan fingerprint density at radius 1 is 0.958 bits per heavy atom. The molecular formula is C14H22N2O8. The van der Waals surface area contributed by atoms with Crippen molar-refractivity contribution in [1.29, 1.82) is 0 Å². The minimum atomic E-state index is -1.11. The van der Waals surface area contributed by atoms with Gasteiger partial charge in [-0.15, -0.1) is 0 Å². The molecule has 136 valence electrons. The average Bonchev–Trinajstić information content (AvgIpc) is 2.42. The number of ether oxygens (including phenoxy) is 4. The largest absolute Gasteiger partial charge is 0.463 e. The lowest BCUT2D eigenvalue weighted by molar-refractivity contribution is -0.222. The van der Waals surface area contributed by atoms with Crippen molar-refractivity contribution in [2.75, 3.05) is 6.61 Å². The van der Waals surface area contributed by atoms with Gasteiger partial charge in [-0.1, -0.05) is 0 Å². The molecule has 0 saturated carbocycles. The fourth-order valence-corrected chi connectivity index (χ4v) is 2.37. The Morgan fingerprint density at radius 2 is 1.50 bits per heavy atom. The Bertz CT molecular complexity index is 509. The number of nitrogens with two attached hydrogens (primary N) is 1. The second-order valence-electron chi connectivity index (χ2n) is 5.32. The Hall–Kier alpha value is -2.20. The second kappa shape index (κ2) is 8.60. The summed E-state index contributed by atoms with van der Waals surface area (Å²) >= 11 is 0. The molecule has 2 unspecified atom stereocenters. The van der Waals surface area contributed by atoms with Gasteiger partial charge in [0.05, 0.1) is 0 Å². The zero-order valence-corrected chi connectivity index (χ0v) is 13.9. The highest BCUT2D eigenvalue weighted by atomic mass is 16.6. The first-order valence-corrected chi connectivity index (χ1v) is 7.27. The lowest BCUT2D eigenvalue weighted by Crippen LogP contribution is -2.68. The number of rotatable bonds is 5. The second-order valence-corrected chi connectivity index (χ2v) is 5.32. The van der Waals surface area contributed by atoms with Crippen molar-refractivity contribution in [2.45, 2.75) is 58.3 Å². The van der Waals surface area contributed by atoms with Crippen molar-refractivity contribution in [3.63, 3.8) is 0 Å². The predicted molar refractivity (Wildman–Crippen MR) is 78.2 cm³/mol. The van der Waals surface area contributed by atoms with Gasteiger partial charge in [0.15, 0.2) is 12.2 Å². The van der Waals surface area contributed by atoms with Crippen LogP contribution in [0.25, 0.3) is 0 Å². The summed E-state index contributed by atoms with van der Waals surface area (Å²) in [5, 5.41) is 2.51. The first kappa shape index (κ1) is 19.8. The van der Waals surface area contributed by atoms with Gasteiger partial charge in [0, 0.05) is 27.7 Å². The zero-order chi connectivity index (χ0) is 18.4. The number of hydrogen-bond acceptors (Lipinski definition) is 9. The van der Waals surface area contributed by atoms with Crippen molar-refractivity contribution in [3.8, 4) is 0 Å². The number of amides is 1. The number of hydrogen-bond donors (Lipinski definition) is 2. The normalized spacial score (nSPS) is 29.3. The third kappa shape index (κ3) is 5.78. The molecule has 1 amide bonds. The number of nitrogens with one attached hydrogen (secondary N) is 1. The summed E-state index contributed by atoms with van der Waals surface area (Å²) in [6.45, 7) is 4.52. The molecule has 1 rings (SSSR count). The average molecular weight is 346 g/mol. The molecule has 1 saturated heterocycles. The summed E-state index contributed by atoms with van der Waals surface area (Å²) in [5.74, 6) is -2.32. The minimum absolute atomic E-state index is 0.258. The number of carbonyl (C=O) groups is 4. The highest BCUT2D eigenvalue weighted by Crippen LogP contribution is 2.25. The zero-order valence-electron chi connectivity index (χ0n) is 13.9. The summed E-state index contributed by atoms with van der Waals surface area (Å²) < 4.78 is 20.7. The van der Waals surface area contributed by atoms with E-state index in [1.165, 1.54) is 13.8 Å². The molecule has 1 fully saturated rings. The van der Waals surface area contributed by atoms with E-state index >= 15 is 0 Å². The van der Waals surface area contributed by atoms with E-state index in [-0.39, 0.29) is 6.61 Å². The summed E-state index contributed by atoms with van der Waals surface area (Å²) in [6, 6.07) is -0.940. The quantitative estimate of drug-likeness (QED) is 0.454. The SMILES string of the molecule is CC(=O)N[C@H]1C(OC(C)=O)[C@H](OC(C)=O)C(COC(C)=O)O[C@H]1N. The maximum absolute atomic E-state index is 11.4. The molecule has 0 radical (unpaired) electrons. The molecule has 1 aliphatic rings. The van der Waals surface area contributed by atoms with Gasteiger partial charge < -0.3 is 30.0 Å². The third-order valence-corrected chi connectivity index (χ3v) is 3.15. The Morgan fingerprint density at radius 3 is 1.96 bits per heavy atom. The summed E-state index contributed by atoms with van der Waals surface area (Å²) in [6.07, 6.45) is -4.23. The fraction of sp³-hybridized carbons (Fsp3) is 0.714. The van der Waals surface area contributed by atoms with E-state index in [1.54, 1.807) is 0 Å². The minimum Gasteiger partial charge on any atom is -0.463 e. The maximum Gasteiger partial charge on any atom is 0.303 e. The van der Waals surface area contributed by atoms with Gasteiger partial charge in [0.1, 0.15) is 25.0 Å². The number of carbonyl (C=O) groups excluding carboxylic acids is 4. The van der Waals surface area contributed by atoms with E-state index < -0.39 is 54.4 Å². The molecule has 10 heteroatoms. The molecular weight excluding hydrogens is 324 g/mol. The molecule has 0 spiro atoms. The molecule has 1 heterocycles. The molecule has 1 aliphatic heterocycles. The van der Waals surface area contributed by atoms with Crippen LogP contribution >= 0.6 is 0 Å². The first-order chi connectivity index (χ1) is 11.1. The van der Waals surface area contributed by atoms with Crippen LogP contribution in [0.15, 0.2) is 0 Å². The monoisotopic (exact) mass is 346 g/mol. The predicted octanol–water partition coefficient (Wildman–Crippen LogP) is -1.40. The van der Waals surface area contributed by atoms with E-state index in [0.29, 0.717) is 0 Å². The summed E-state index contributed by atoms with van der Waals surface area (Å²) in [5.41, 5.74) is 5.87. The van der Waals surface area contributed by atoms with Gasteiger partial charge >= 0.3 is 17.9 Å². The van der Waals surface area contributed by atoms with E-state index in [2.05, 4.69) is 5.32 Å². The maximum atomic E-state index is 11.4. The fourth-order valence-electron chi connectivity index (χ4n) is 2.37. The van der Waals surface area contributed by atoms with Crippen LogP contribution in [0, 0.1) is 0 Å². The summed E-state index contributed by atoms with van der Waals surface area (Å²) in [4.78, 5) is 45.2. The van der Waals surface area contributed by atoms with Crippen LogP contribution in [0.3, 0.4) is 0 Å².